The number of para-hydroxylation sites is 1. The third-order valence-corrected chi connectivity index (χ3v) is 4.85. The van der Waals surface area contributed by atoms with Crippen molar-refractivity contribution in [2.75, 3.05) is 18.4 Å². The van der Waals surface area contributed by atoms with E-state index in [1.54, 1.807) is 18.0 Å². The molecule has 2 aromatic rings. The van der Waals surface area contributed by atoms with Crippen molar-refractivity contribution in [3.8, 4) is 5.69 Å². The highest BCUT2D eigenvalue weighted by Gasteiger charge is 2.28. The SMILES string of the molecule is CCCc1c(NC(=O)[C@H]2CCCN(C(C)=O)C2)cnn1-c1ccccc1. The molecule has 0 aliphatic carbocycles. The van der Waals surface area contributed by atoms with Crippen LogP contribution in [0.25, 0.3) is 5.69 Å². The first kappa shape index (κ1) is 18.2. The van der Waals surface area contributed by atoms with Crippen molar-refractivity contribution < 1.29 is 9.59 Å². The number of likely N-dealkylation sites (tertiary alicyclic amines) is 1. The minimum atomic E-state index is -0.165. The second-order valence-electron chi connectivity index (χ2n) is 6.80. The number of benzene rings is 1. The first-order chi connectivity index (χ1) is 12.6. The lowest BCUT2D eigenvalue weighted by atomic mass is 9.97. The fraction of sp³-hybridized carbons (Fsp3) is 0.450. The van der Waals surface area contributed by atoms with Crippen LogP contribution in [0.3, 0.4) is 0 Å². The summed E-state index contributed by atoms with van der Waals surface area (Å²) in [5, 5.41) is 7.54. The second-order valence-corrected chi connectivity index (χ2v) is 6.80. The smallest absolute Gasteiger partial charge is 0.229 e. The molecule has 0 bridgehead atoms. The van der Waals surface area contributed by atoms with Gasteiger partial charge in [-0.15, -0.1) is 0 Å². The molecular formula is C20H26N4O2. The Kier molecular flexibility index (Phi) is 5.71. The average molecular weight is 354 g/mol. The monoisotopic (exact) mass is 354 g/mol. The molecule has 3 rings (SSSR count). The fourth-order valence-corrected chi connectivity index (χ4v) is 3.46. The summed E-state index contributed by atoms with van der Waals surface area (Å²) in [6, 6.07) is 9.93. The van der Waals surface area contributed by atoms with E-state index in [1.807, 2.05) is 35.0 Å². The maximum atomic E-state index is 12.8. The summed E-state index contributed by atoms with van der Waals surface area (Å²) in [4.78, 5) is 26.1. The zero-order chi connectivity index (χ0) is 18.5. The summed E-state index contributed by atoms with van der Waals surface area (Å²) < 4.78 is 1.89. The second kappa shape index (κ2) is 8.17. The Hall–Kier alpha value is -2.63. The van der Waals surface area contributed by atoms with Gasteiger partial charge in [-0.25, -0.2) is 4.68 Å². The summed E-state index contributed by atoms with van der Waals surface area (Å²) in [6.45, 7) is 4.91. The molecule has 1 aliphatic rings. The topological polar surface area (TPSA) is 67.2 Å². The van der Waals surface area contributed by atoms with E-state index in [4.69, 9.17) is 0 Å². The minimum Gasteiger partial charge on any atom is -0.342 e. The van der Waals surface area contributed by atoms with Gasteiger partial charge in [-0.05, 0) is 31.4 Å². The number of rotatable bonds is 5. The van der Waals surface area contributed by atoms with Crippen LogP contribution < -0.4 is 5.32 Å². The number of nitrogens with one attached hydrogen (secondary N) is 1. The summed E-state index contributed by atoms with van der Waals surface area (Å²) in [7, 11) is 0. The van der Waals surface area contributed by atoms with E-state index in [9.17, 15) is 9.59 Å². The molecule has 6 nitrogen and oxygen atoms in total. The number of carbonyl (C=O) groups is 2. The van der Waals surface area contributed by atoms with Crippen LogP contribution in [0.5, 0.6) is 0 Å². The summed E-state index contributed by atoms with van der Waals surface area (Å²) in [6.07, 6.45) is 5.19. The molecule has 0 saturated carbocycles. The van der Waals surface area contributed by atoms with E-state index in [0.717, 1.165) is 49.3 Å². The lowest BCUT2D eigenvalue weighted by Crippen LogP contribution is -2.42. The molecule has 0 spiro atoms. The Morgan fingerprint density at radius 1 is 1.27 bits per heavy atom. The highest BCUT2D eigenvalue weighted by Crippen LogP contribution is 2.24. The zero-order valence-corrected chi connectivity index (χ0v) is 15.4. The van der Waals surface area contributed by atoms with Crippen molar-refractivity contribution in [2.45, 2.75) is 39.5 Å². The van der Waals surface area contributed by atoms with Gasteiger partial charge in [-0.1, -0.05) is 31.5 Å². The van der Waals surface area contributed by atoms with Gasteiger partial charge < -0.3 is 10.2 Å². The first-order valence-electron chi connectivity index (χ1n) is 9.28. The zero-order valence-electron chi connectivity index (χ0n) is 15.4. The Morgan fingerprint density at radius 2 is 2.04 bits per heavy atom. The molecule has 1 aromatic carbocycles. The Morgan fingerprint density at radius 3 is 2.73 bits per heavy atom. The highest BCUT2D eigenvalue weighted by atomic mass is 16.2. The number of anilines is 1. The number of hydrogen-bond donors (Lipinski definition) is 1. The normalized spacial score (nSPS) is 17.2. The van der Waals surface area contributed by atoms with Crippen molar-refractivity contribution >= 4 is 17.5 Å². The maximum Gasteiger partial charge on any atom is 0.229 e. The highest BCUT2D eigenvalue weighted by molar-refractivity contribution is 5.93. The molecular weight excluding hydrogens is 328 g/mol. The molecule has 1 fully saturated rings. The molecule has 0 unspecified atom stereocenters. The molecule has 138 valence electrons. The van der Waals surface area contributed by atoms with E-state index in [1.165, 1.54) is 0 Å². The first-order valence-corrected chi connectivity index (χ1v) is 9.28. The van der Waals surface area contributed by atoms with Crippen molar-refractivity contribution in [1.29, 1.82) is 0 Å². The van der Waals surface area contributed by atoms with Crippen molar-refractivity contribution in [3.63, 3.8) is 0 Å². The van der Waals surface area contributed by atoms with Gasteiger partial charge in [0.2, 0.25) is 11.8 Å². The number of nitrogens with zero attached hydrogens (tertiary/aromatic N) is 3. The van der Waals surface area contributed by atoms with Crippen molar-refractivity contribution in [2.24, 2.45) is 5.92 Å². The van der Waals surface area contributed by atoms with Crippen molar-refractivity contribution in [1.82, 2.24) is 14.7 Å². The summed E-state index contributed by atoms with van der Waals surface area (Å²) in [5.41, 5.74) is 2.75. The average Bonchev–Trinajstić information content (AvgIpc) is 3.05. The van der Waals surface area contributed by atoms with Crippen molar-refractivity contribution in [3.05, 3.63) is 42.2 Å². The minimum absolute atomic E-state index is 0.0269. The Bertz CT molecular complexity index is 769. The molecule has 0 radical (unpaired) electrons. The van der Waals surface area contributed by atoms with E-state index in [2.05, 4.69) is 17.3 Å². The molecule has 2 amide bonds. The van der Waals surface area contributed by atoms with Gasteiger partial charge in [0, 0.05) is 20.0 Å². The number of carbonyl (C=O) groups excluding carboxylic acids is 2. The van der Waals surface area contributed by atoms with E-state index >= 15 is 0 Å². The molecule has 1 aromatic heterocycles. The Labute approximate surface area is 154 Å². The largest absolute Gasteiger partial charge is 0.342 e. The summed E-state index contributed by atoms with van der Waals surface area (Å²) >= 11 is 0. The van der Waals surface area contributed by atoms with Crippen LogP contribution in [-0.4, -0.2) is 39.6 Å². The fourth-order valence-electron chi connectivity index (χ4n) is 3.46. The van der Waals surface area contributed by atoms with Gasteiger partial charge in [0.25, 0.3) is 0 Å². The molecule has 2 heterocycles. The van der Waals surface area contributed by atoms with Crippen LogP contribution in [0.15, 0.2) is 36.5 Å². The lowest BCUT2D eigenvalue weighted by Gasteiger charge is -2.31. The summed E-state index contributed by atoms with van der Waals surface area (Å²) in [5.74, 6) is -0.158. The molecule has 1 saturated heterocycles. The number of piperidine rings is 1. The standard InChI is InChI=1S/C20H26N4O2/c1-3-8-19-18(13-21-24(19)17-10-5-4-6-11-17)22-20(26)16-9-7-12-23(14-16)15(2)25/h4-6,10-11,13,16H,3,7-9,12,14H2,1-2H3,(H,22,26)/t16-/m0/s1. The van der Waals surface area contributed by atoms with Crippen LogP contribution in [0.1, 0.15) is 38.8 Å². The van der Waals surface area contributed by atoms with Gasteiger partial charge in [0.05, 0.1) is 29.2 Å². The van der Waals surface area contributed by atoms with Gasteiger partial charge in [0.1, 0.15) is 0 Å². The predicted octanol–water partition coefficient (Wildman–Crippen LogP) is 3.02. The third kappa shape index (κ3) is 3.95. The quantitative estimate of drug-likeness (QED) is 0.897. The van der Waals surface area contributed by atoms with Crippen LogP contribution in [0.4, 0.5) is 5.69 Å². The van der Waals surface area contributed by atoms with Gasteiger partial charge in [-0.2, -0.15) is 5.10 Å². The van der Waals surface area contributed by atoms with Crippen LogP contribution >= 0.6 is 0 Å². The van der Waals surface area contributed by atoms with Crippen LogP contribution in [0, 0.1) is 5.92 Å². The van der Waals surface area contributed by atoms with Crippen LogP contribution in [-0.2, 0) is 16.0 Å². The number of aromatic nitrogens is 2. The Balaban J connectivity index is 1.78. The van der Waals surface area contributed by atoms with Gasteiger partial charge in [0.15, 0.2) is 0 Å². The van der Waals surface area contributed by atoms with Gasteiger partial charge >= 0.3 is 0 Å². The molecule has 1 N–H and O–H groups in total. The van der Waals surface area contributed by atoms with Gasteiger partial charge in [-0.3, -0.25) is 9.59 Å². The van der Waals surface area contributed by atoms with Crippen LogP contribution in [0.2, 0.25) is 0 Å². The molecule has 1 atom stereocenters. The number of hydrogen-bond acceptors (Lipinski definition) is 3. The molecule has 26 heavy (non-hydrogen) atoms. The van der Waals surface area contributed by atoms with E-state index < -0.39 is 0 Å². The van der Waals surface area contributed by atoms with E-state index in [-0.39, 0.29) is 17.7 Å². The maximum absolute atomic E-state index is 12.8. The van der Waals surface area contributed by atoms with E-state index in [0.29, 0.717) is 6.54 Å². The lowest BCUT2D eigenvalue weighted by molar-refractivity contribution is -0.132. The molecule has 6 heteroatoms. The molecule has 1 aliphatic heterocycles. The third-order valence-electron chi connectivity index (χ3n) is 4.85. The predicted molar refractivity (Wildman–Crippen MR) is 101 cm³/mol. The number of amides is 2.